The Balaban J connectivity index is 2.02. The number of anilines is 1. The predicted octanol–water partition coefficient (Wildman–Crippen LogP) is 1.92. The van der Waals surface area contributed by atoms with Gasteiger partial charge in [0.1, 0.15) is 11.1 Å². The van der Waals surface area contributed by atoms with Gasteiger partial charge in [0.05, 0.1) is 0 Å². The van der Waals surface area contributed by atoms with E-state index in [0.29, 0.717) is 11.5 Å². The molecule has 1 atom stereocenters. The molecule has 0 spiro atoms. The monoisotopic (exact) mass is 339 g/mol. The van der Waals surface area contributed by atoms with Crippen LogP contribution in [0.3, 0.4) is 0 Å². The molecule has 3 rings (SSSR count). The van der Waals surface area contributed by atoms with Crippen molar-refractivity contribution in [2.45, 2.75) is 25.5 Å². The van der Waals surface area contributed by atoms with Crippen LogP contribution in [-0.4, -0.2) is 36.1 Å². The first-order valence-corrected chi connectivity index (χ1v) is 9.12. The number of carbonyl (C=O) groups excluding carboxylic acids is 1. The Morgan fingerprint density at radius 2 is 2.00 bits per heavy atom. The second-order valence-corrected chi connectivity index (χ2v) is 8.34. The number of nitrogens with zero attached hydrogens (tertiary/aromatic N) is 3. The van der Waals surface area contributed by atoms with Gasteiger partial charge in [-0.3, -0.25) is 9.69 Å². The molecule has 1 amide bonds. The molecule has 0 radical (unpaired) electrons. The van der Waals surface area contributed by atoms with E-state index in [-0.39, 0.29) is 18.9 Å². The Morgan fingerprint density at radius 1 is 1.27 bits per heavy atom. The van der Waals surface area contributed by atoms with E-state index in [9.17, 15) is 13.2 Å². The number of halogens is 1. The quantitative estimate of drug-likeness (QED) is 0.781. The van der Waals surface area contributed by atoms with Crippen molar-refractivity contribution in [3.8, 4) is 0 Å². The van der Waals surface area contributed by atoms with Gasteiger partial charge in [0.25, 0.3) is 0 Å². The first-order valence-electron chi connectivity index (χ1n) is 6.74. The lowest BCUT2D eigenvalue weighted by molar-refractivity contribution is -0.117. The van der Waals surface area contributed by atoms with Gasteiger partial charge in [-0.2, -0.15) is 0 Å². The molecule has 1 unspecified atom stereocenters. The maximum atomic E-state index is 12.0. The van der Waals surface area contributed by atoms with Crippen molar-refractivity contribution in [2.75, 3.05) is 11.4 Å². The number of rotatable bonds is 2. The SMILES string of the molecule is Cc1cc(C)c2ccc(N3CC(S(=O)(=O)Cl)CC3=O)nc2n1. The number of hydrogen-bond donors (Lipinski definition) is 0. The number of aryl methyl sites for hydroxylation is 2. The molecule has 116 valence electrons. The minimum Gasteiger partial charge on any atom is -0.295 e. The van der Waals surface area contributed by atoms with E-state index in [1.807, 2.05) is 26.0 Å². The van der Waals surface area contributed by atoms with Crippen molar-refractivity contribution in [1.82, 2.24) is 9.97 Å². The third-order valence-corrected chi connectivity index (χ3v) is 5.63. The molecule has 0 saturated carbocycles. The normalized spacial score (nSPS) is 19.1. The molecule has 0 aliphatic carbocycles. The van der Waals surface area contributed by atoms with Crippen LogP contribution in [0.2, 0.25) is 0 Å². The average Bonchev–Trinajstić information content (AvgIpc) is 2.80. The molecule has 1 aliphatic heterocycles. The molecule has 1 aliphatic rings. The van der Waals surface area contributed by atoms with E-state index in [0.717, 1.165) is 16.6 Å². The van der Waals surface area contributed by atoms with Gasteiger partial charge in [-0.25, -0.2) is 18.4 Å². The Hall–Kier alpha value is -1.73. The van der Waals surface area contributed by atoms with E-state index in [4.69, 9.17) is 10.7 Å². The van der Waals surface area contributed by atoms with Crippen molar-refractivity contribution in [2.24, 2.45) is 0 Å². The lowest BCUT2D eigenvalue weighted by atomic mass is 10.1. The smallest absolute Gasteiger partial charge is 0.237 e. The zero-order valence-corrected chi connectivity index (χ0v) is 13.6. The number of hydrogen-bond acceptors (Lipinski definition) is 5. The Labute approximate surface area is 132 Å². The van der Waals surface area contributed by atoms with Crippen molar-refractivity contribution in [3.05, 3.63) is 29.5 Å². The first kappa shape index (κ1) is 15.2. The molecular weight excluding hydrogens is 326 g/mol. The van der Waals surface area contributed by atoms with Crippen LogP contribution in [0.5, 0.6) is 0 Å². The zero-order valence-electron chi connectivity index (χ0n) is 12.1. The zero-order chi connectivity index (χ0) is 16.1. The Bertz CT molecular complexity index is 882. The number of carbonyl (C=O) groups is 1. The summed E-state index contributed by atoms with van der Waals surface area (Å²) in [5.74, 6) is 0.100. The molecule has 3 heterocycles. The third kappa shape index (κ3) is 2.66. The molecule has 0 aromatic carbocycles. The van der Waals surface area contributed by atoms with Gasteiger partial charge in [-0.05, 0) is 37.6 Å². The maximum absolute atomic E-state index is 12.0. The van der Waals surface area contributed by atoms with Crippen molar-refractivity contribution in [3.63, 3.8) is 0 Å². The van der Waals surface area contributed by atoms with Crippen LogP contribution in [0.15, 0.2) is 18.2 Å². The van der Waals surface area contributed by atoms with Gasteiger partial charge in [-0.15, -0.1) is 0 Å². The fraction of sp³-hybridized carbons (Fsp3) is 0.357. The minimum absolute atomic E-state index is 0.0218. The number of pyridine rings is 2. The third-order valence-electron chi connectivity index (χ3n) is 3.76. The summed E-state index contributed by atoms with van der Waals surface area (Å²) in [6.07, 6.45) is -0.119. The predicted molar refractivity (Wildman–Crippen MR) is 84.5 cm³/mol. The van der Waals surface area contributed by atoms with Crippen LogP contribution in [0.4, 0.5) is 5.82 Å². The summed E-state index contributed by atoms with van der Waals surface area (Å²) in [4.78, 5) is 22.2. The molecule has 22 heavy (non-hydrogen) atoms. The van der Waals surface area contributed by atoms with Crippen LogP contribution in [0.25, 0.3) is 11.0 Å². The van der Waals surface area contributed by atoms with E-state index in [1.54, 1.807) is 6.07 Å². The van der Waals surface area contributed by atoms with Crippen molar-refractivity contribution >= 4 is 42.5 Å². The van der Waals surface area contributed by atoms with Crippen LogP contribution in [-0.2, 0) is 13.8 Å². The highest BCUT2D eigenvalue weighted by Gasteiger charge is 2.38. The highest BCUT2D eigenvalue weighted by Crippen LogP contribution is 2.27. The second kappa shape index (κ2) is 5.17. The molecule has 1 saturated heterocycles. The number of amides is 1. The van der Waals surface area contributed by atoms with Gasteiger partial charge in [0.2, 0.25) is 15.0 Å². The second-order valence-electron chi connectivity index (χ2n) is 5.43. The van der Waals surface area contributed by atoms with Gasteiger partial charge in [0, 0.05) is 34.7 Å². The van der Waals surface area contributed by atoms with E-state index < -0.39 is 14.3 Å². The fourth-order valence-corrected chi connectivity index (χ4v) is 3.68. The summed E-state index contributed by atoms with van der Waals surface area (Å²) in [5, 5.41) is 0.00822. The van der Waals surface area contributed by atoms with Crippen molar-refractivity contribution < 1.29 is 13.2 Å². The van der Waals surface area contributed by atoms with Gasteiger partial charge < -0.3 is 0 Å². The van der Waals surface area contributed by atoms with Gasteiger partial charge >= 0.3 is 0 Å². The summed E-state index contributed by atoms with van der Waals surface area (Å²) >= 11 is 0. The van der Waals surface area contributed by atoms with Crippen LogP contribution in [0, 0.1) is 13.8 Å². The van der Waals surface area contributed by atoms with E-state index in [1.165, 1.54) is 4.90 Å². The Kier molecular flexibility index (Phi) is 3.57. The van der Waals surface area contributed by atoms with Crippen molar-refractivity contribution in [1.29, 1.82) is 0 Å². The number of aromatic nitrogens is 2. The highest BCUT2D eigenvalue weighted by molar-refractivity contribution is 8.14. The minimum atomic E-state index is -3.77. The van der Waals surface area contributed by atoms with Gasteiger partial charge in [0.15, 0.2) is 5.65 Å². The molecular formula is C14H14ClN3O3S. The lowest BCUT2D eigenvalue weighted by Crippen LogP contribution is -2.27. The summed E-state index contributed by atoms with van der Waals surface area (Å²) in [6.45, 7) is 3.86. The molecule has 8 heteroatoms. The highest BCUT2D eigenvalue weighted by atomic mass is 35.7. The maximum Gasteiger partial charge on any atom is 0.237 e. The molecule has 0 N–H and O–H groups in total. The number of fused-ring (bicyclic) bond motifs is 1. The molecule has 6 nitrogen and oxygen atoms in total. The van der Waals surface area contributed by atoms with Crippen LogP contribution >= 0.6 is 10.7 Å². The summed E-state index contributed by atoms with van der Waals surface area (Å²) < 4.78 is 22.8. The van der Waals surface area contributed by atoms with E-state index in [2.05, 4.69) is 9.97 Å². The summed E-state index contributed by atoms with van der Waals surface area (Å²) in [5.41, 5.74) is 2.43. The van der Waals surface area contributed by atoms with Gasteiger partial charge in [-0.1, -0.05) is 0 Å². The largest absolute Gasteiger partial charge is 0.295 e. The first-order chi connectivity index (χ1) is 10.3. The lowest BCUT2D eigenvalue weighted by Gasteiger charge is -2.15. The topological polar surface area (TPSA) is 80.2 Å². The van der Waals surface area contributed by atoms with E-state index >= 15 is 0 Å². The molecule has 2 aromatic heterocycles. The summed E-state index contributed by atoms with van der Waals surface area (Å²) in [6, 6.07) is 5.50. The summed E-state index contributed by atoms with van der Waals surface area (Å²) in [7, 11) is 1.59. The van der Waals surface area contributed by atoms with Crippen LogP contribution < -0.4 is 4.90 Å². The average molecular weight is 340 g/mol. The van der Waals surface area contributed by atoms with Crippen LogP contribution in [0.1, 0.15) is 17.7 Å². The Morgan fingerprint density at radius 3 is 2.64 bits per heavy atom. The molecule has 2 aromatic rings. The fourth-order valence-electron chi connectivity index (χ4n) is 2.66. The standard InChI is InChI=1S/C14H14ClN3O3S/c1-8-5-9(2)16-14-11(8)3-4-12(17-14)18-7-10(6-13(18)19)22(15,20)21/h3-5,10H,6-7H2,1-2H3. The molecule has 1 fully saturated rings. The molecule has 0 bridgehead atoms.